The molecule has 0 saturated heterocycles. The maximum Gasteiger partial charge on any atom is 0.306 e. The monoisotopic (exact) mass is 1120 g/mol. The smallest absolute Gasteiger partial charge is 0.306 e. The van der Waals surface area contributed by atoms with Gasteiger partial charge in [0.2, 0.25) is 0 Å². The molecule has 0 aliphatic rings. The lowest BCUT2D eigenvalue weighted by atomic mass is 10.0. The minimum atomic E-state index is -0.789. The van der Waals surface area contributed by atoms with Gasteiger partial charge >= 0.3 is 17.9 Å². The molecule has 0 amide bonds. The van der Waals surface area contributed by atoms with E-state index in [4.69, 9.17) is 14.2 Å². The number of hydrogen-bond acceptors (Lipinski definition) is 6. The van der Waals surface area contributed by atoms with E-state index in [-0.39, 0.29) is 31.1 Å². The summed E-state index contributed by atoms with van der Waals surface area (Å²) in [5.41, 5.74) is 0. The van der Waals surface area contributed by atoms with Crippen molar-refractivity contribution in [3.63, 3.8) is 0 Å². The molecule has 6 heteroatoms. The number of ether oxygens (including phenoxy) is 3. The van der Waals surface area contributed by atoms with Crippen molar-refractivity contribution in [3.8, 4) is 0 Å². The van der Waals surface area contributed by atoms with Crippen LogP contribution in [0.4, 0.5) is 0 Å². The third kappa shape index (κ3) is 65.7. The Bertz CT molecular complexity index is 1810. The maximum atomic E-state index is 12.9. The minimum absolute atomic E-state index is 0.0887. The average Bonchev–Trinajstić information content (AvgIpc) is 3.47. The van der Waals surface area contributed by atoms with Gasteiger partial charge in [0, 0.05) is 19.3 Å². The Hall–Kier alpha value is -4.97. The molecule has 0 N–H and O–H groups in total. The van der Waals surface area contributed by atoms with E-state index in [1.165, 1.54) is 70.6 Å². The molecule has 1 atom stereocenters. The van der Waals surface area contributed by atoms with Crippen molar-refractivity contribution in [1.29, 1.82) is 0 Å². The Morgan fingerprint density at radius 1 is 0.259 bits per heavy atom. The van der Waals surface area contributed by atoms with Crippen LogP contribution < -0.4 is 0 Å². The summed E-state index contributed by atoms with van der Waals surface area (Å²) >= 11 is 0. The van der Waals surface area contributed by atoms with Gasteiger partial charge in [0.1, 0.15) is 13.2 Å². The van der Waals surface area contributed by atoms with Gasteiger partial charge in [-0.15, -0.1) is 0 Å². The summed E-state index contributed by atoms with van der Waals surface area (Å²) in [6, 6.07) is 0. The molecule has 456 valence electrons. The normalized spacial score (nSPS) is 13.2. The van der Waals surface area contributed by atoms with Crippen molar-refractivity contribution in [1.82, 2.24) is 0 Å². The molecule has 81 heavy (non-hydrogen) atoms. The van der Waals surface area contributed by atoms with Crippen molar-refractivity contribution < 1.29 is 28.6 Å². The topological polar surface area (TPSA) is 78.9 Å². The van der Waals surface area contributed by atoms with E-state index in [1.54, 1.807) is 0 Å². The average molecular weight is 1120 g/mol. The first-order valence-corrected chi connectivity index (χ1v) is 33.0. The Labute approximate surface area is 499 Å². The molecule has 0 aliphatic heterocycles. The minimum Gasteiger partial charge on any atom is -0.462 e. The second kappa shape index (κ2) is 67.5. The summed E-state index contributed by atoms with van der Waals surface area (Å²) in [6.45, 7) is 6.31. The van der Waals surface area contributed by atoms with Crippen molar-refractivity contribution >= 4 is 17.9 Å². The lowest BCUT2D eigenvalue weighted by Crippen LogP contribution is -2.30. The van der Waals surface area contributed by atoms with Gasteiger partial charge in [-0.3, -0.25) is 14.4 Å². The number of allylic oxidation sites excluding steroid dienone is 26. The summed E-state index contributed by atoms with van der Waals surface area (Å²) in [5, 5.41) is 0. The van der Waals surface area contributed by atoms with Crippen molar-refractivity contribution in [3.05, 3.63) is 158 Å². The van der Waals surface area contributed by atoms with Gasteiger partial charge in [-0.2, -0.15) is 0 Å². The molecule has 0 spiro atoms. The highest BCUT2D eigenvalue weighted by Gasteiger charge is 2.19. The third-order valence-electron chi connectivity index (χ3n) is 13.5. The first-order valence-electron chi connectivity index (χ1n) is 33.0. The first kappa shape index (κ1) is 76.0. The standard InChI is InChI=1S/C75H120O6/c1-4-7-10-13-15-17-19-21-23-25-27-29-31-33-35-37-39-41-43-45-47-49-51-53-55-57-59-62-65-68-74(77)80-71-72(70-79-73(76)67-64-61-12-9-6-3)81-75(78)69-66-63-60-58-56-54-52-50-48-46-44-42-40-38-36-34-32-30-28-26-24-22-20-18-16-14-11-8-5-2/h7-8,10-11,15-18,21-24,27-30,33-36,39-42,45,47,72H,4-6,9,12-14,19-20,25-26,31-32,37-38,43-44,46,48-71H2,1-3H3/b10-7-,11-8-,17-15-,18-16-,23-21-,24-22-,29-27-,30-28-,35-33-,36-34-,41-39-,42-40-,47-45-. The summed E-state index contributed by atoms with van der Waals surface area (Å²) in [6.07, 6.45) is 98.7. The third-order valence-corrected chi connectivity index (χ3v) is 13.5. The molecule has 0 radical (unpaired) electrons. The number of unbranched alkanes of at least 4 members (excludes halogenated alkanes) is 21. The predicted octanol–water partition coefficient (Wildman–Crippen LogP) is 22.9. The Morgan fingerprint density at radius 3 is 0.753 bits per heavy atom. The van der Waals surface area contributed by atoms with Crippen LogP contribution in [0.1, 0.15) is 278 Å². The van der Waals surface area contributed by atoms with Crippen molar-refractivity contribution in [2.24, 2.45) is 0 Å². The van der Waals surface area contributed by atoms with Gasteiger partial charge in [0.25, 0.3) is 0 Å². The fourth-order valence-corrected chi connectivity index (χ4v) is 8.66. The van der Waals surface area contributed by atoms with Crippen LogP contribution in [0.15, 0.2) is 158 Å². The number of esters is 3. The predicted molar refractivity (Wildman–Crippen MR) is 352 cm³/mol. The molecule has 0 rings (SSSR count). The molecule has 6 nitrogen and oxygen atoms in total. The Morgan fingerprint density at radius 2 is 0.481 bits per heavy atom. The molecular weight excluding hydrogens is 997 g/mol. The molecule has 0 heterocycles. The van der Waals surface area contributed by atoms with Crippen LogP contribution in [0, 0.1) is 0 Å². The second-order valence-electron chi connectivity index (χ2n) is 21.3. The van der Waals surface area contributed by atoms with E-state index >= 15 is 0 Å². The lowest BCUT2D eigenvalue weighted by Gasteiger charge is -2.18. The van der Waals surface area contributed by atoms with Crippen LogP contribution in [0.5, 0.6) is 0 Å². The highest BCUT2D eigenvalue weighted by atomic mass is 16.6. The van der Waals surface area contributed by atoms with E-state index in [9.17, 15) is 14.4 Å². The lowest BCUT2D eigenvalue weighted by molar-refractivity contribution is -0.167. The molecule has 0 fully saturated rings. The van der Waals surface area contributed by atoms with Gasteiger partial charge in [0.05, 0.1) is 0 Å². The zero-order chi connectivity index (χ0) is 58.5. The highest BCUT2D eigenvalue weighted by molar-refractivity contribution is 5.71. The molecular formula is C75H120O6. The molecule has 0 aromatic rings. The second-order valence-corrected chi connectivity index (χ2v) is 21.3. The fourth-order valence-electron chi connectivity index (χ4n) is 8.66. The van der Waals surface area contributed by atoms with E-state index in [0.29, 0.717) is 19.3 Å². The first-order chi connectivity index (χ1) is 40.0. The van der Waals surface area contributed by atoms with Gasteiger partial charge in [-0.05, 0) is 128 Å². The molecule has 1 unspecified atom stereocenters. The fraction of sp³-hybridized carbons (Fsp3) is 0.613. The van der Waals surface area contributed by atoms with Crippen LogP contribution in [0.25, 0.3) is 0 Å². The zero-order valence-corrected chi connectivity index (χ0v) is 52.2. The summed E-state index contributed by atoms with van der Waals surface area (Å²) in [4.78, 5) is 38.0. The van der Waals surface area contributed by atoms with Gasteiger partial charge in [-0.1, -0.05) is 288 Å². The van der Waals surface area contributed by atoms with Crippen LogP contribution >= 0.6 is 0 Å². The van der Waals surface area contributed by atoms with E-state index in [1.807, 2.05) is 0 Å². The molecule has 0 aromatic carbocycles. The van der Waals surface area contributed by atoms with E-state index < -0.39 is 6.10 Å². The largest absolute Gasteiger partial charge is 0.462 e. The van der Waals surface area contributed by atoms with Crippen molar-refractivity contribution in [2.45, 2.75) is 284 Å². The molecule has 0 aliphatic carbocycles. The molecule has 0 aromatic heterocycles. The van der Waals surface area contributed by atoms with Crippen molar-refractivity contribution in [2.75, 3.05) is 13.2 Å². The van der Waals surface area contributed by atoms with Gasteiger partial charge in [-0.25, -0.2) is 0 Å². The highest BCUT2D eigenvalue weighted by Crippen LogP contribution is 2.15. The molecule has 0 bridgehead atoms. The number of carbonyl (C=O) groups excluding carboxylic acids is 3. The van der Waals surface area contributed by atoms with Crippen LogP contribution in [-0.2, 0) is 28.6 Å². The van der Waals surface area contributed by atoms with Crippen LogP contribution in [0.2, 0.25) is 0 Å². The molecule has 0 saturated carbocycles. The van der Waals surface area contributed by atoms with E-state index in [0.717, 1.165) is 167 Å². The van der Waals surface area contributed by atoms with Gasteiger partial charge < -0.3 is 14.2 Å². The summed E-state index contributed by atoms with van der Waals surface area (Å²) in [5.74, 6) is -0.921. The van der Waals surface area contributed by atoms with Crippen LogP contribution in [0.3, 0.4) is 0 Å². The van der Waals surface area contributed by atoms with E-state index in [2.05, 4.69) is 179 Å². The number of carbonyl (C=O) groups is 3. The number of hydrogen-bond donors (Lipinski definition) is 0. The zero-order valence-electron chi connectivity index (χ0n) is 52.2. The Kier molecular flexibility index (Phi) is 63.4. The SMILES string of the molecule is CC/C=C\C/C=C\C/C=C\C/C=C\C/C=C\C/C=C\C/C=C\CCCCCCCCCC(=O)OCC(COC(=O)CCCCCCC)OC(=O)CCCCCCCCCCCC/C=C\C/C=C\C/C=C\C/C=C\C/C=C\C/C=C\CC. The maximum absolute atomic E-state index is 12.9. The Balaban J connectivity index is 4.11. The summed E-state index contributed by atoms with van der Waals surface area (Å²) < 4.78 is 16.8. The number of rotatable bonds is 58. The summed E-state index contributed by atoms with van der Waals surface area (Å²) in [7, 11) is 0. The van der Waals surface area contributed by atoms with Gasteiger partial charge in [0.15, 0.2) is 6.10 Å². The van der Waals surface area contributed by atoms with Crippen LogP contribution in [-0.4, -0.2) is 37.2 Å². The quantitative estimate of drug-likeness (QED) is 0.0261.